The zero-order valence-electron chi connectivity index (χ0n) is 13.3. The Labute approximate surface area is 153 Å². The van der Waals surface area contributed by atoms with Gasteiger partial charge in [-0.15, -0.1) is 11.3 Å². The van der Waals surface area contributed by atoms with Gasteiger partial charge in [-0.3, -0.25) is 4.79 Å². The molecule has 25 heavy (non-hydrogen) atoms. The molecule has 4 rings (SSSR count). The largest absolute Gasteiger partial charge is 0.458 e. The second-order valence-electron chi connectivity index (χ2n) is 5.85. The smallest absolute Gasteiger partial charge is 0.316 e. The van der Waals surface area contributed by atoms with Crippen molar-refractivity contribution in [2.75, 3.05) is 13.1 Å². The van der Waals surface area contributed by atoms with Crippen molar-refractivity contribution < 1.29 is 9.53 Å². The molecule has 1 aliphatic rings. The van der Waals surface area contributed by atoms with Gasteiger partial charge in [-0.1, -0.05) is 11.6 Å². The molecule has 1 amide bonds. The average Bonchev–Trinajstić information content (AvgIpc) is 3.11. The van der Waals surface area contributed by atoms with E-state index in [1.54, 1.807) is 5.51 Å². The Morgan fingerprint density at radius 1 is 1.28 bits per heavy atom. The molecule has 3 aromatic rings. The lowest BCUT2D eigenvalue weighted by atomic mass is 10.1. The molecular formula is C17H15ClN4O2S. The molecule has 0 unspecified atom stereocenters. The summed E-state index contributed by atoms with van der Waals surface area (Å²) in [5.74, 6) is 0.0145. The van der Waals surface area contributed by atoms with E-state index in [0.29, 0.717) is 17.1 Å². The molecule has 1 aromatic carbocycles. The minimum absolute atomic E-state index is 0.0145. The highest BCUT2D eigenvalue weighted by Crippen LogP contribution is 2.22. The van der Waals surface area contributed by atoms with E-state index in [1.807, 2.05) is 23.1 Å². The van der Waals surface area contributed by atoms with Crippen LogP contribution < -0.4 is 4.74 Å². The van der Waals surface area contributed by atoms with Gasteiger partial charge in [-0.2, -0.15) is 0 Å². The third kappa shape index (κ3) is 3.57. The van der Waals surface area contributed by atoms with Gasteiger partial charge in [0.05, 0.1) is 39.7 Å². The number of ether oxygens (including phenoxy) is 1. The number of nitrogens with zero attached hydrogens (tertiary/aromatic N) is 4. The van der Waals surface area contributed by atoms with E-state index >= 15 is 0 Å². The Balaban J connectivity index is 1.46. The van der Waals surface area contributed by atoms with Crippen molar-refractivity contribution >= 4 is 39.1 Å². The summed E-state index contributed by atoms with van der Waals surface area (Å²) in [6, 6.07) is 5.91. The molecule has 1 saturated heterocycles. The van der Waals surface area contributed by atoms with E-state index in [0.717, 1.165) is 29.6 Å². The summed E-state index contributed by atoms with van der Waals surface area (Å²) >= 11 is 7.32. The van der Waals surface area contributed by atoms with E-state index < -0.39 is 0 Å². The Morgan fingerprint density at radius 3 is 2.96 bits per heavy atom. The normalized spacial score (nSPS) is 17.6. The van der Waals surface area contributed by atoms with E-state index in [1.165, 1.54) is 23.7 Å². The van der Waals surface area contributed by atoms with Crippen LogP contribution in [0.1, 0.15) is 23.2 Å². The quantitative estimate of drug-likeness (QED) is 0.702. The minimum atomic E-state index is -0.119. The van der Waals surface area contributed by atoms with Crippen LogP contribution in [0.4, 0.5) is 0 Å². The molecule has 1 aliphatic heterocycles. The second-order valence-corrected chi connectivity index (χ2v) is 7.17. The number of amides is 1. The maximum atomic E-state index is 12.8. The third-order valence-corrected chi connectivity index (χ3v) is 5.10. The fourth-order valence-electron chi connectivity index (χ4n) is 2.90. The fraction of sp³-hybridized carbons (Fsp3) is 0.294. The SMILES string of the molecule is O=C(c1ccc2ncsc2c1)N1CCC[C@H](Oc2ncc(Cl)cn2)C1. The lowest BCUT2D eigenvalue weighted by Gasteiger charge is -2.32. The first kappa shape index (κ1) is 16.2. The molecule has 6 nitrogen and oxygen atoms in total. The summed E-state index contributed by atoms with van der Waals surface area (Å²) < 4.78 is 6.82. The van der Waals surface area contributed by atoms with Crippen molar-refractivity contribution in [1.29, 1.82) is 0 Å². The summed E-state index contributed by atoms with van der Waals surface area (Å²) in [6.45, 7) is 1.24. The number of thiazole rings is 1. The molecule has 2 aromatic heterocycles. The lowest BCUT2D eigenvalue weighted by Crippen LogP contribution is -2.44. The zero-order valence-corrected chi connectivity index (χ0v) is 14.8. The summed E-state index contributed by atoms with van der Waals surface area (Å²) in [5.41, 5.74) is 3.39. The van der Waals surface area contributed by atoms with Gasteiger partial charge in [-0.25, -0.2) is 15.0 Å². The molecule has 8 heteroatoms. The van der Waals surface area contributed by atoms with E-state index in [-0.39, 0.29) is 18.0 Å². The predicted octanol–water partition coefficient (Wildman–Crippen LogP) is 3.42. The molecular weight excluding hydrogens is 360 g/mol. The van der Waals surface area contributed by atoms with Crippen LogP contribution in [-0.4, -0.2) is 45.0 Å². The zero-order chi connectivity index (χ0) is 17.2. The lowest BCUT2D eigenvalue weighted by molar-refractivity contribution is 0.0516. The molecule has 1 atom stereocenters. The summed E-state index contributed by atoms with van der Waals surface area (Å²) in [7, 11) is 0. The van der Waals surface area contributed by atoms with Crippen LogP contribution in [0.3, 0.4) is 0 Å². The molecule has 0 radical (unpaired) electrons. The number of rotatable bonds is 3. The molecule has 0 bridgehead atoms. The van der Waals surface area contributed by atoms with Crippen molar-refractivity contribution in [2.24, 2.45) is 0 Å². The first-order valence-corrected chi connectivity index (χ1v) is 9.21. The van der Waals surface area contributed by atoms with Crippen LogP contribution in [-0.2, 0) is 0 Å². The number of likely N-dealkylation sites (tertiary alicyclic amines) is 1. The number of hydrogen-bond acceptors (Lipinski definition) is 6. The first-order chi connectivity index (χ1) is 12.2. The van der Waals surface area contributed by atoms with Gasteiger partial charge in [-0.05, 0) is 31.0 Å². The molecule has 0 N–H and O–H groups in total. The topological polar surface area (TPSA) is 68.2 Å². The molecule has 1 fully saturated rings. The number of piperidine rings is 1. The highest BCUT2D eigenvalue weighted by molar-refractivity contribution is 7.16. The summed E-state index contributed by atoms with van der Waals surface area (Å²) in [5, 5.41) is 0.464. The van der Waals surface area contributed by atoms with Crippen LogP contribution in [0.5, 0.6) is 6.01 Å². The van der Waals surface area contributed by atoms with Gasteiger partial charge in [0.25, 0.3) is 5.91 Å². The third-order valence-electron chi connectivity index (χ3n) is 4.11. The van der Waals surface area contributed by atoms with Gasteiger partial charge < -0.3 is 9.64 Å². The first-order valence-electron chi connectivity index (χ1n) is 7.96. The van der Waals surface area contributed by atoms with Crippen molar-refractivity contribution in [3.05, 3.63) is 46.7 Å². The highest BCUT2D eigenvalue weighted by Gasteiger charge is 2.26. The molecule has 0 saturated carbocycles. The Kier molecular flexibility index (Phi) is 4.50. The van der Waals surface area contributed by atoms with Gasteiger partial charge in [0, 0.05) is 12.1 Å². The van der Waals surface area contributed by atoms with Crippen LogP contribution >= 0.6 is 22.9 Å². The second kappa shape index (κ2) is 6.93. The number of aromatic nitrogens is 3. The summed E-state index contributed by atoms with van der Waals surface area (Å²) in [4.78, 5) is 27.0. The van der Waals surface area contributed by atoms with Gasteiger partial charge in [0.2, 0.25) is 0 Å². The van der Waals surface area contributed by atoms with Crippen molar-refractivity contribution in [2.45, 2.75) is 18.9 Å². The maximum absolute atomic E-state index is 12.8. The molecule has 3 heterocycles. The number of carbonyl (C=O) groups excluding carboxylic acids is 1. The van der Waals surface area contributed by atoms with Crippen LogP contribution in [0, 0.1) is 0 Å². The maximum Gasteiger partial charge on any atom is 0.316 e. The number of carbonyl (C=O) groups is 1. The fourth-order valence-corrected chi connectivity index (χ4v) is 3.71. The predicted molar refractivity (Wildman–Crippen MR) is 96.2 cm³/mol. The van der Waals surface area contributed by atoms with E-state index in [4.69, 9.17) is 16.3 Å². The van der Waals surface area contributed by atoms with Crippen LogP contribution in [0.2, 0.25) is 5.02 Å². The number of benzene rings is 1. The van der Waals surface area contributed by atoms with Crippen molar-refractivity contribution in [3.63, 3.8) is 0 Å². The minimum Gasteiger partial charge on any atom is -0.458 e. The van der Waals surface area contributed by atoms with Gasteiger partial charge in [0.1, 0.15) is 6.10 Å². The highest BCUT2D eigenvalue weighted by atomic mass is 35.5. The Morgan fingerprint density at radius 2 is 2.12 bits per heavy atom. The van der Waals surface area contributed by atoms with Gasteiger partial charge in [0.15, 0.2) is 0 Å². The van der Waals surface area contributed by atoms with Crippen molar-refractivity contribution in [3.8, 4) is 6.01 Å². The molecule has 128 valence electrons. The molecule has 0 aliphatic carbocycles. The number of halogens is 1. The summed E-state index contributed by atoms with van der Waals surface area (Å²) in [6.07, 6.45) is 4.63. The Bertz CT molecular complexity index is 899. The molecule has 0 spiro atoms. The number of fused-ring (bicyclic) bond motifs is 1. The van der Waals surface area contributed by atoms with E-state index in [2.05, 4.69) is 15.0 Å². The standard InChI is InChI=1S/C17H15ClN4O2S/c18-12-7-19-17(20-8-12)24-13-2-1-5-22(9-13)16(23)11-3-4-14-15(6-11)25-10-21-14/h3-4,6-8,10,13H,1-2,5,9H2/t13-/m0/s1. The van der Waals surface area contributed by atoms with Crippen LogP contribution in [0.15, 0.2) is 36.1 Å². The average molecular weight is 375 g/mol. The van der Waals surface area contributed by atoms with Gasteiger partial charge >= 0.3 is 6.01 Å². The Hall–Kier alpha value is -2.25. The van der Waals surface area contributed by atoms with Crippen molar-refractivity contribution in [1.82, 2.24) is 19.9 Å². The van der Waals surface area contributed by atoms with E-state index in [9.17, 15) is 4.79 Å². The van der Waals surface area contributed by atoms with Crippen LogP contribution in [0.25, 0.3) is 10.2 Å². The number of hydrogen-bond donors (Lipinski definition) is 0. The monoisotopic (exact) mass is 374 g/mol.